The summed E-state index contributed by atoms with van der Waals surface area (Å²) >= 11 is 0. The number of ether oxygens (including phenoxy) is 4. The van der Waals surface area contributed by atoms with Crippen molar-refractivity contribution in [3.05, 3.63) is 65.1 Å². The van der Waals surface area contributed by atoms with Crippen molar-refractivity contribution in [3.63, 3.8) is 0 Å². The SMILES string of the molecule is COC1=C(OC)C(O)(OC)CC(C=CC(=O)c2ccc(OC)cc2)=C1. The molecule has 0 bridgehead atoms. The third kappa shape index (κ3) is 4.10. The zero-order chi connectivity index (χ0) is 18.4. The normalized spacial score (nSPS) is 20.4. The molecule has 0 aromatic heterocycles. The molecule has 0 saturated carbocycles. The Kier molecular flexibility index (Phi) is 6.01. The molecule has 0 saturated heterocycles. The predicted molar refractivity (Wildman–Crippen MR) is 92.2 cm³/mol. The molecule has 1 N–H and O–H groups in total. The Morgan fingerprint density at radius 2 is 1.76 bits per heavy atom. The maximum absolute atomic E-state index is 12.3. The van der Waals surface area contributed by atoms with Gasteiger partial charge in [-0.05, 0) is 42.0 Å². The number of carbonyl (C=O) groups excluding carboxylic acids is 1. The van der Waals surface area contributed by atoms with Crippen molar-refractivity contribution in [1.29, 1.82) is 0 Å². The molecule has 0 aliphatic heterocycles. The minimum atomic E-state index is -1.64. The van der Waals surface area contributed by atoms with E-state index in [4.69, 9.17) is 18.9 Å². The van der Waals surface area contributed by atoms with Crippen LogP contribution in [0.3, 0.4) is 0 Å². The van der Waals surface area contributed by atoms with E-state index in [1.165, 1.54) is 27.4 Å². The molecule has 0 amide bonds. The zero-order valence-corrected chi connectivity index (χ0v) is 14.7. The first kappa shape index (κ1) is 18.8. The largest absolute Gasteiger partial charge is 0.497 e. The van der Waals surface area contributed by atoms with Crippen LogP contribution in [-0.4, -0.2) is 45.1 Å². The molecule has 1 aliphatic carbocycles. The van der Waals surface area contributed by atoms with Crippen LogP contribution in [0.4, 0.5) is 0 Å². The summed E-state index contributed by atoms with van der Waals surface area (Å²) in [5.41, 5.74) is 1.21. The molecule has 0 fully saturated rings. The summed E-state index contributed by atoms with van der Waals surface area (Å²) in [7, 11) is 5.84. The van der Waals surface area contributed by atoms with Crippen molar-refractivity contribution in [2.24, 2.45) is 0 Å². The number of rotatable bonds is 7. The lowest BCUT2D eigenvalue weighted by Crippen LogP contribution is -2.37. The molecule has 0 spiro atoms. The number of allylic oxidation sites excluding steroid dienone is 3. The monoisotopic (exact) mass is 346 g/mol. The highest BCUT2D eigenvalue weighted by Crippen LogP contribution is 2.35. The first-order chi connectivity index (χ1) is 12.0. The average molecular weight is 346 g/mol. The van der Waals surface area contributed by atoms with Crippen LogP contribution in [0, 0.1) is 0 Å². The van der Waals surface area contributed by atoms with E-state index < -0.39 is 5.79 Å². The highest BCUT2D eigenvalue weighted by atomic mass is 16.6. The molecule has 134 valence electrons. The van der Waals surface area contributed by atoms with Gasteiger partial charge in [0.1, 0.15) is 5.75 Å². The molecular weight excluding hydrogens is 324 g/mol. The van der Waals surface area contributed by atoms with Gasteiger partial charge in [0.05, 0.1) is 21.3 Å². The highest BCUT2D eigenvalue weighted by molar-refractivity contribution is 6.04. The van der Waals surface area contributed by atoms with Crippen molar-refractivity contribution in [3.8, 4) is 5.75 Å². The molecule has 0 heterocycles. The molecule has 1 aromatic carbocycles. The van der Waals surface area contributed by atoms with Gasteiger partial charge in [-0.3, -0.25) is 4.79 Å². The average Bonchev–Trinajstić information content (AvgIpc) is 2.65. The first-order valence-electron chi connectivity index (χ1n) is 7.64. The first-order valence-corrected chi connectivity index (χ1v) is 7.64. The summed E-state index contributed by atoms with van der Waals surface area (Å²) in [5, 5.41) is 10.6. The van der Waals surface area contributed by atoms with Crippen molar-refractivity contribution in [2.75, 3.05) is 28.4 Å². The van der Waals surface area contributed by atoms with Gasteiger partial charge in [-0.25, -0.2) is 0 Å². The molecule has 1 atom stereocenters. The van der Waals surface area contributed by atoms with Crippen molar-refractivity contribution < 1.29 is 28.8 Å². The Balaban J connectivity index is 2.23. The van der Waals surface area contributed by atoms with Crippen molar-refractivity contribution in [1.82, 2.24) is 0 Å². The van der Waals surface area contributed by atoms with Gasteiger partial charge in [-0.1, -0.05) is 6.08 Å². The minimum Gasteiger partial charge on any atom is -0.497 e. The summed E-state index contributed by atoms with van der Waals surface area (Å²) in [6.07, 6.45) is 4.90. The molecular formula is C19H22O6. The molecule has 6 heteroatoms. The van der Waals surface area contributed by atoms with E-state index in [1.807, 2.05) is 0 Å². The van der Waals surface area contributed by atoms with E-state index in [0.717, 1.165) is 0 Å². The number of aliphatic hydroxyl groups is 1. The third-order valence-corrected chi connectivity index (χ3v) is 3.92. The van der Waals surface area contributed by atoms with Gasteiger partial charge in [0.25, 0.3) is 0 Å². The topological polar surface area (TPSA) is 74.2 Å². The second-order valence-corrected chi connectivity index (χ2v) is 5.41. The van der Waals surface area contributed by atoms with E-state index in [0.29, 0.717) is 22.6 Å². The van der Waals surface area contributed by atoms with Gasteiger partial charge in [-0.15, -0.1) is 0 Å². The van der Waals surface area contributed by atoms with Crippen LogP contribution in [0.15, 0.2) is 59.6 Å². The predicted octanol–water partition coefficient (Wildman–Crippen LogP) is 2.60. The van der Waals surface area contributed by atoms with Gasteiger partial charge >= 0.3 is 0 Å². The van der Waals surface area contributed by atoms with E-state index in [1.54, 1.807) is 43.5 Å². The smallest absolute Gasteiger partial charge is 0.233 e. The zero-order valence-electron chi connectivity index (χ0n) is 14.7. The summed E-state index contributed by atoms with van der Waals surface area (Å²) < 4.78 is 20.7. The maximum atomic E-state index is 12.3. The van der Waals surface area contributed by atoms with E-state index in [9.17, 15) is 9.90 Å². The fourth-order valence-electron chi connectivity index (χ4n) is 2.55. The number of carbonyl (C=O) groups is 1. The molecule has 0 radical (unpaired) electrons. The number of hydrogen-bond donors (Lipinski definition) is 1. The lowest BCUT2D eigenvalue weighted by molar-refractivity contribution is -0.182. The summed E-state index contributed by atoms with van der Waals surface area (Å²) in [4.78, 5) is 12.3. The second kappa shape index (κ2) is 8.00. The second-order valence-electron chi connectivity index (χ2n) is 5.41. The molecule has 2 rings (SSSR count). The molecule has 6 nitrogen and oxygen atoms in total. The molecule has 25 heavy (non-hydrogen) atoms. The van der Waals surface area contributed by atoms with E-state index in [2.05, 4.69) is 0 Å². The fraction of sp³-hybridized carbons (Fsp3) is 0.316. The van der Waals surface area contributed by atoms with E-state index >= 15 is 0 Å². The summed E-state index contributed by atoms with van der Waals surface area (Å²) in [5.74, 6) is -0.587. The lowest BCUT2D eigenvalue weighted by Gasteiger charge is -2.32. The quantitative estimate of drug-likeness (QED) is 0.465. The summed E-state index contributed by atoms with van der Waals surface area (Å²) in [6, 6.07) is 6.83. The summed E-state index contributed by atoms with van der Waals surface area (Å²) in [6.45, 7) is 0. The Morgan fingerprint density at radius 3 is 2.28 bits per heavy atom. The highest BCUT2D eigenvalue weighted by Gasteiger charge is 2.39. The van der Waals surface area contributed by atoms with Crippen LogP contribution < -0.4 is 4.74 Å². The van der Waals surface area contributed by atoms with Crippen molar-refractivity contribution >= 4 is 5.78 Å². The van der Waals surface area contributed by atoms with Crippen LogP contribution in [0.2, 0.25) is 0 Å². The number of benzene rings is 1. The van der Waals surface area contributed by atoms with Crippen LogP contribution in [-0.2, 0) is 14.2 Å². The van der Waals surface area contributed by atoms with Gasteiger partial charge < -0.3 is 24.1 Å². The van der Waals surface area contributed by atoms with Crippen LogP contribution in [0.5, 0.6) is 5.75 Å². The van der Waals surface area contributed by atoms with Gasteiger partial charge in [0, 0.05) is 19.1 Å². The van der Waals surface area contributed by atoms with Crippen molar-refractivity contribution in [2.45, 2.75) is 12.2 Å². The van der Waals surface area contributed by atoms with Crippen LogP contribution in [0.1, 0.15) is 16.8 Å². The van der Waals surface area contributed by atoms with Crippen LogP contribution >= 0.6 is 0 Å². The van der Waals surface area contributed by atoms with E-state index in [-0.39, 0.29) is 18.0 Å². The Bertz CT molecular complexity index is 714. The van der Waals surface area contributed by atoms with Gasteiger partial charge in [0.15, 0.2) is 17.3 Å². The Hall–Kier alpha value is -2.57. The van der Waals surface area contributed by atoms with Crippen LogP contribution in [0.25, 0.3) is 0 Å². The molecule has 1 aliphatic rings. The molecule has 1 unspecified atom stereocenters. The third-order valence-electron chi connectivity index (χ3n) is 3.92. The molecule has 1 aromatic rings. The number of methoxy groups -OCH3 is 4. The number of hydrogen-bond acceptors (Lipinski definition) is 6. The fourth-order valence-corrected chi connectivity index (χ4v) is 2.55. The maximum Gasteiger partial charge on any atom is 0.233 e. The van der Waals surface area contributed by atoms with Gasteiger partial charge in [-0.2, -0.15) is 0 Å². The Morgan fingerprint density at radius 1 is 1.08 bits per heavy atom. The Labute approximate surface area is 147 Å². The number of ketones is 1. The standard InChI is InChI=1S/C19H22O6/c1-22-15-8-6-14(7-9-15)16(20)10-5-13-11-17(23-2)18(24-3)19(21,12-13)25-4/h5-11,21H,12H2,1-4H3. The minimum absolute atomic E-state index is 0.131. The van der Waals surface area contributed by atoms with Gasteiger partial charge in [0.2, 0.25) is 5.79 Å². The lowest BCUT2D eigenvalue weighted by atomic mass is 9.95.